The number of aliphatic imine (C=N–C) groups is 1. The lowest BCUT2D eigenvalue weighted by molar-refractivity contribution is -0.126. The maximum atomic E-state index is 12.4. The van der Waals surface area contributed by atoms with Gasteiger partial charge in [0, 0.05) is 35.8 Å². The molecule has 3 N–H and O–H groups in total. The molecule has 6 nitrogen and oxygen atoms in total. The van der Waals surface area contributed by atoms with Gasteiger partial charge in [-0.25, -0.2) is 9.98 Å². The van der Waals surface area contributed by atoms with E-state index in [1.54, 1.807) is 11.3 Å². The van der Waals surface area contributed by atoms with E-state index in [9.17, 15) is 4.79 Å². The third kappa shape index (κ3) is 7.17. The lowest BCUT2D eigenvalue weighted by Gasteiger charge is -2.30. The Morgan fingerprint density at radius 1 is 1.25 bits per heavy atom. The first kappa shape index (κ1) is 23.4. The molecule has 2 saturated carbocycles. The summed E-state index contributed by atoms with van der Waals surface area (Å²) in [6, 6.07) is 0.742. The van der Waals surface area contributed by atoms with Crippen LogP contribution in [-0.2, 0) is 11.3 Å². The summed E-state index contributed by atoms with van der Waals surface area (Å²) in [6.07, 6.45) is 6.35. The topological polar surface area (TPSA) is 78.4 Å². The highest BCUT2D eigenvalue weighted by Gasteiger charge is 2.31. The first-order valence-corrected chi connectivity index (χ1v) is 11.2. The van der Waals surface area contributed by atoms with Crippen molar-refractivity contribution >= 4 is 47.2 Å². The molecule has 1 aromatic rings. The van der Waals surface area contributed by atoms with Gasteiger partial charge in [0.15, 0.2) is 5.96 Å². The number of hydrogen-bond donors (Lipinski definition) is 3. The van der Waals surface area contributed by atoms with Gasteiger partial charge in [0.25, 0.3) is 0 Å². The van der Waals surface area contributed by atoms with Gasteiger partial charge < -0.3 is 16.0 Å². The number of nitrogens with zero attached hydrogens (tertiary/aromatic N) is 2. The van der Waals surface area contributed by atoms with E-state index >= 15 is 0 Å². The standard InChI is InChI=1S/C20H33N5OS.HI/c1-4-21-20(22-11-17-12-27-19(24-17)13(2)3)25-16-7-5-6-14(10-16)18(26)23-15-8-9-15;/h12-16H,4-11H2,1-3H3,(H,23,26)(H2,21,22,25);1H. The number of nitrogens with one attached hydrogen (secondary N) is 3. The number of amides is 1. The molecule has 1 amide bonds. The van der Waals surface area contributed by atoms with Crippen molar-refractivity contribution in [3.05, 3.63) is 16.1 Å². The number of carbonyl (C=O) groups is 1. The fourth-order valence-electron chi connectivity index (χ4n) is 3.44. The van der Waals surface area contributed by atoms with Crippen LogP contribution in [-0.4, -0.2) is 35.5 Å². The van der Waals surface area contributed by atoms with Gasteiger partial charge in [0.05, 0.1) is 17.2 Å². The third-order valence-electron chi connectivity index (χ3n) is 5.12. The minimum absolute atomic E-state index is 0. The van der Waals surface area contributed by atoms with Crippen molar-refractivity contribution in [2.24, 2.45) is 10.9 Å². The van der Waals surface area contributed by atoms with Crippen LogP contribution in [0.3, 0.4) is 0 Å². The summed E-state index contributed by atoms with van der Waals surface area (Å²) in [7, 11) is 0. The van der Waals surface area contributed by atoms with Crippen LogP contribution in [0.15, 0.2) is 10.4 Å². The van der Waals surface area contributed by atoms with E-state index in [0.717, 1.165) is 61.7 Å². The number of guanidine groups is 1. The van der Waals surface area contributed by atoms with Crippen LogP contribution in [0.1, 0.15) is 75.9 Å². The molecule has 28 heavy (non-hydrogen) atoms. The second-order valence-corrected chi connectivity index (χ2v) is 8.90. The minimum Gasteiger partial charge on any atom is -0.357 e. The van der Waals surface area contributed by atoms with E-state index in [-0.39, 0.29) is 35.8 Å². The largest absolute Gasteiger partial charge is 0.357 e. The van der Waals surface area contributed by atoms with Gasteiger partial charge in [-0.05, 0) is 39.0 Å². The van der Waals surface area contributed by atoms with Gasteiger partial charge in [0.1, 0.15) is 0 Å². The number of hydrogen-bond acceptors (Lipinski definition) is 4. The molecule has 0 aliphatic heterocycles. The summed E-state index contributed by atoms with van der Waals surface area (Å²) >= 11 is 1.71. The highest BCUT2D eigenvalue weighted by Crippen LogP contribution is 2.27. The van der Waals surface area contributed by atoms with Crippen LogP contribution in [0.2, 0.25) is 0 Å². The maximum Gasteiger partial charge on any atom is 0.223 e. The molecule has 0 aromatic carbocycles. The zero-order valence-electron chi connectivity index (χ0n) is 17.2. The molecule has 1 heterocycles. The molecule has 2 aliphatic rings. The number of rotatable bonds is 7. The summed E-state index contributed by atoms with van der Waals surface area (Å²) < 4.78 is 0. The normalized spacial score (nSPS) is 22.5. The first-order chi connectivity index (χ1) is 13.0. The summed E-state index contributed by atoms with van der Waals surface area (Å²) in [6.45, 7) is 7.80. The predicted octanol–water partition coefficient (Wildman–Crippen LogP) is 3.78. The van der Waals surface area contributed by atoms with Crippen LogP contribution in [0, 0.1) is 5.92 Å². The smallest absolute Gasteiger partial charge is 0.223 e. The predicted molar refractivity (Wildman–Crippen MR) is 126 cm³/mol. The molecule has 2 atom stereocenters. The summed E-state index contributed by atoms with van der Waals surface area (Å²) in [5.41, 5.74) is 1.02. The molecule has 0 radical (unpaired) electrons. The molecule has 1 aromatic heterocycles. The Hall–Kier alpha value is -0.900. The Balaban J connectivity index is 0.00000280. The Kier molecular flexibility index (Phi) is 9.46. The second-order valence-electron chi connectivity index (χ2n) is 8.01. The summed E-state index contributed by atoms with van der Waals surface area (Å²) in [5, 5.41) is 13.3. The Labute approximate surface area is 189 Å². The van der Waals surface area contributed by atoms with Crippen molar-refractivity contribution in [2.45, 2.75) is 83.8 Å². The van der Waals surface area contributed by atoms with E-state index in [2.05, 4.69) is 47.1 Å². The molecule has 0 saturated heterocycles. The van der Waals surface area contributed by atoms with Crippen LogP contribution >= 0.6 is 35.3 Å². The highest BCUT2D eigenvalue weighted by atomic mass is 127. The SMILES string of the molecule is CCNC(=NCc1csc(C(C)C)n1)NC1CCCC(C(=O)NC2CC2)C1.I. The molecule has 3 rings (SSSR count). The highest BCUT2D eigenvalue weighted by molar-refractivity contribution is 14.0. The number of carbonyl (C=O) groups excluding carboxylic acids is 1. The fourth-order valence-corrected chi connectivity index (χ4v) is 4.27. The molecule has 2 unspecified atom stereocenters. The van der Waals surface area contributed by atoms with Crippen molar-refractivity contribution in [3.63, 3.8) is 0 Å². The van der Waals surface area contributed by atoms with Crippen molar-refractivity contribution in [3.8, 4) is 0 Å². The minimum atomic E-state index is 0. The monoisotopic (exact) mass is 519 g/mol. The quantitative estimate of drug-likeness (QED) is 0.291. The van der Waals surface area contributed by atoms with Crippen molar-refractivity contribution in [1.82, 2.24) is 20.9 Å². The van der Waals surface area contributed by atoms with E-state index in [4.69, 9.17) is 4.99 Å². The molecule has 0 spiro atoms. The first-order valence-electron chi connectivity index (χ1n) is 10.3. The van der Waals surface area contributed by atoms with E-state index in [1.165, 1.54) is 0 Å². The van der Waals surface area contributed by atoms with Crippen LogP contribution in [0.5, 0.6) is 0 Å². The van der Waals surface area contributed by atoms with Gasteiger partial charge in [-0.15, -0.1) is 35.3 Å². The third-order valence-corrected chi connectivity index (χ3v) is 6.31. The second kappa shape index (κ2) is 11.3. The lowest BCUT2D eigenvalue weighted by Crippen LogP contribution is -2.47. The summed E-state index contributed by atoms with van der Waals surface area (Å²) in [4.78, 5) is 21.8. The van der Waals surface area contributed by atoms with Crippen LogP contribution < -0.4 is 16.0 Å². The van der Waals surface area contributed by atoms with Gasteiger partial charge in [-0.3, -0.25) is 4.79 Å². The van der Waals surface area contributed by atoms with Crippen molar-refractivity contribution < 1.29 is 4.79 Å². The summed E-state index contributed by atoms with van der Waals surface area (Å²) in [5.74, 6) is 1.66. The van der Waals surface area contributed by atoms with Crippen LogP contribution in [0.25, 0.3) is 0 Å². The van der Waals surface area contributed by atoms with E-state index < -0.39 is 0 Å². The molecule has 0 bridgehead atoms. The van der Waals surface area contributed by atoms with E-state index in [0.29, 0.717) is 24.5 Å². The van der Waals surface area contributed by atoms with Gasteiger partial charge >= 0.3 is 0 Å². The average molecular weight is 519 g/mol. The number of aromatic nitrogens is 1. The molecular weight excluding hydrogens is 485 g/mol. The molecule has 8 heteroatoms. The molecule has 2 fully saturated rings. The Morgan fingerprint density at radius 2 is 2.04 bits per heavy atom. The zero-order valence-corrected chi connectivity index (χ0v) is 20.3. The number of halogens is 1. The molecule has 2 aliphatic carbocycles. The Morgan fingerprint density at radius 3 is 2.68 bits per heavy atom. The average Bonchev–Trinajstić information content (AvgIpc) is 3.33. The zero-order chi connectivity index (χ0) is 19.2. The van der Waals surface area contributed by atoms with Crippen LogP contribution in [0.4, 0.5) is 0 Å². The van der Waals surface area contributed by atoms with Gasteiger partial charge in [-0.2, -0.15) is 0 Å². The van der Waals surface area contributed by atoms with Crippen molar-refractivity contribution in [2.75, 3.05) is 6.54 Å². The fraction of sp³-hybridized carbons (Fsp3) is 0.750. The Bertz CT molecular complexity index is 659. The van der Waals surface area contributed by atoms with Crippen molar-refractivity contribution in [1.29, 1.82) is 0 Å². The number of thiazole rings is 1. The van der Waals surface area contributed by atoms with Gasteiger partial charge in [0.2, 0.25) is 5.91 Å². The van der Waals surface area contributed by atoms with E-state index in [1.807, 2.05) is 0 Å². The molecular formula is C20H34IN5OS. The lowest BCUT2D eigenvalue weighted by atomic mass is 9.85. The molecule has 158 valence electrons. The van der Waals surface area contributed by atoms with Gasteiger partial charge in [-0.1, -0.05) is 20.3 Å². The maximum absolute atomic E-state index is 12.4.